The van der Waals surface area contributed by atoms with E-state index in [4.69, 9.17) is 16.3 Å². The van der Waals surface area contributed by atoms with Gasteiger partial charge in [0.05, 0.1) is 50.7 Å². The van der Waals surface area contributed by atoms with E-state index in [9.17, 15) is 110 Å². The lowest BCUT2D eigenvalue weighted by atomic mass is 9.12. The summed E-state index contributed by atoms with van der Waals surface area (Å²) >= 11 is 5.96. The van der Waals surface area contributed by atoms with Crippen molar-refractivity contribution < 1.29 is 119 Å². The number of alkyl halides is 24. The second kappa shape index (κ2) is 21.9. The van der Waals surface area contributed by atoms with Gasteiger partial charge in [0.2, 0.25) is 12.3 Å². The first-order valence-electron chi connectivity index (χ1n) is 21.7. The molecule has 0 radical (unpaired) electrons. The molecule has 7 aromatic rings. The minimum absolute atomic E-state index is 0.00209. The van der Waals surface area contributed by atoms with Crippen molar-refractivity contribution in [1.82, 2.24) is 4.98 Å². The third-order valence-electron chi connectivity index (χ3n) is 11.7. The summed E-state index contributed by atoms with van der Waals surface area (Å²) in [6, 6.07) is 7.41. The molecule has 0 amide bonds. The third-order valence-corrected chi connectivity index (χ3v) is 11.9. The molecule has 0 spiro atoms. The Bertz CT molecular complexity index is 2940. The summed E-state index contributed by atoms with van der Waals surface area (Å²) in [7, 11) is 0. The Balaban J connectivity index is 0.000000370. The lowest BCUT2D eigenvalue weighted by Gasteiger charge is -2.46. The highest BCUT2D eigenvalue weighted by Gasteiger charge is 2.47. The smallest absolute Gasteiger partial charge is 0.404 e. The summed E-state index contributed by atoms with van der Waals surface area (Å²) in [5, 5.41) is 0.582. The third kappa shape index (κ3) is 14.5. The number of ether oxygens (including phenoxy) is 1. The highest BCUT2D eigenvalue weighted by Crippen LogP contribution is 2.41. The van der Waals surface area contributed by atoms with Crippen LogP contribution in [0.5, 0.6) is 11.6 Å². The number of benzene rings is 6. The van der Waals surface area contributed by atoms with Crippen molar-refractivity contribution in [3.63, 3.8) is 0 Å². The molecule has 4 nitrogen and oxygen atoms in total. The molecule has 0 saturated heterocycles. The summed E-state index contributed by atoms with van der Waals surface area (Å²) in [5.41, 5.74) is -29.5. The van der Waals surface area contributed by atoms with E-state index in [0.29, 0.717) is 22.2 Å². The lowest BCUT2D eigenvalue weighted by Crippen LogP contribution is -2.75. The van der Waals surface area contributed by atoms with Gasteiger partial charge in [0.15, 0.2) is 6.20 Å². The van der Waals surface area contributed by atoms with Gasteiger partial charge in [-0.25, -0.2) is 4.98 Å². The zero-order valence-corrected chi connectivity index (χ0v) is 39.6. The van der Waals surface area contributed by atoms with Crippen LogP contribution in [0.4, 0.5) is 105 Å². The Morgan fingerprint density at radius 2 is 0.738 bits per heavy atom. The number of rotatable bonds is 9. The Hall–Kier alpha value is -7.46. The lowest BCUT2D eigenvalue weighted by molar-refractivity contribution is -0.687. The first-order valence-corrected chi connectivity index (χ1v) is 22.1. The SMILES string of the molecule is FC(F)(F)c1cc([B-](c2cc(C(F)(F)F)cc(C(F)(F)F)c2)(c2cc(C(F)(F)F)cc(C(F)(F)F)c2)c2cc(C(F)(F)F)cc(C(F)(F)F)c2)cc(C(F)(F)F)c1.O=C(C[n+]1ccncc1Oc1cccc(Cl)c1)c1ccccc1. The van der Waals surface area contributed by atoms with E-state index < -0.39 is 195 Å². The van der Waals surface area contributed by atoms with E-state index in [1.807, 2.05) is 18.2 Å². The minimum atomic E-state index is -6.13. The van der Waals surface area contributed by atoms with E-state index in [-0.39, 0.29) is 12.3 Å². The standard InChI is InChI=1S/C32H12BF24.C18H14ClN2O2/c34-25(35,36)13-1-14(26(37,38)39)6-21(5-13)33(22-7-15(27(40,41)42)2-16(8-22)28(43,44)45,23-9-17(29(46,47)48)3-18(10-23)30(49,50)51)24-11-19(31(52,53)54)4-20(12-24)32(55,56)57;19-15-7-4-8-16(11-15)23-18-12-20-9-10-21(18)13-17(22)14-5-2-1-3-6-14/h1-12H;1-12H,13H2/q-1;+1. The number of carbonyl (C=O) groups excluding carboxylic acids is 1. The molecule has 0 fully saturated rings. The molecule has 0 aliphatic carbocycles. The van der Waals surface area contributed by atoms with Gasteiger partial charge in [0.25, 0.3) is 0 Å². The number of hydrogen-bond acceptors (Lipinski definition) is 3. The molecular weight excluding hydrogens is 1160 g/mol. The van der Waals surface area contributed by atoms with Crippen LogP contribution in [-0.4, -0.2) is 16.9 Å². The van der Waals surface area contributed by atoms with Crippen LogP contribution in [0.2, 0.25) is 5.02 Å². The Labute approximate surface area is 437 Å². The number of carbonyl (C=O) groups is 1. The maximum absolute atomic E-state index is 14.2. The zero-order valence-electron chi connectivity index (χ0n) is 38.8. The van der Waals surface area contributed by atoms with Crippen molar-refractivity contribution in [1.29, 1.82) is 0 Å². The number of aromatic nitrogens is 2. The van der Waals surface area contributed by atoms with Gasteiger partial charge in [0.1, 0.15) is 18.1 Å². The second-order valence-electron chi connectivity index (χ2n) is 17.1. The molecule has 1 aromatic heterocycles. The van der Waals surface area contributed by atoms with E-state index in [0.717, 1.165) is 0 Å². The average molecular weight is 1190 g/mol. The van der Waals surface area contributed by atoms with Crippen molar-refractivity contribution in [2.75, 3.05) is 0 Å². The Morgan fingerprint density at radius 1 is 0.425 bits per heavy atom. The molecule has 1 heterocycles. The van der Waals surface area contributed by atoms with Crippen LogP contribution in [0, 0.1) is 0 Å². The minimum Gasteiger partial charge on any atom is -0.404 e. The quantitative estimate of drug-likeness (QED) is 0.0626. The van der Waals surface area contributed by atoms with Gasteiger partial charge in [0, 0.05) is 10.6 Å². The van der Waals surface area contributed by atoms with E-state index >= 15 is 0 Å². The van der Waals surface area contributed by atoms with E-state index in [1.54, 1.807) is 59.6 Å². The first-order chi connectivity index (χ1) is 36.5. The fourth-order valence-corrected chi connectivity index (χ4v) is 8.36. The van der Waals surface area contributed by atoms with Crippen molar-refractivity contribution in [2.24, 2.45) is 0 Å². The molecular formula is C50H26BClF24N2O2. The fraction of sp³-hybridized carbons (Fsp3) is 0.180. The van der Waals surface area contributed by atoms with Gasteiger partial charge in [-0.05, 0) is 42.5 Å². The van der Waals surface area contributed by atoms with E-state index in [2.05, 4.69) is 4.98 Å². The number of hydrogen-bond donors (Lipinski definition) is 0. The predicted molar refractivity (Wildman–Crippen MR) is 237 cm³/mol. The molecule has 30 heteroatoms. The molecule has 426 valence electrons. The molecule has 6 aromatic carbocycles. The van der Waals surface area contributed by atoms with Crippen molar-refractivity contribution in [3.05, 3.63) is 201 Å². The van der Waals surface area contributed by atoms with Gasteiger partial charge in [-0.1, -0.05) is 96.5 Å². The number of nitrogens with zero attached hydrogens (tertiary/aromatic N) is 2. The number of ketones is 1. The van der Waals surface area contributed by atoms with Crippen molar-refractivity contribution in [3.8, 4) is 11.6 Å². The highest BCUT2D eigenvalue weighted by molar-refractivity contribution is 7.20. The molecule has 0 atom stereocenters. The summed E-state index contributed by atoms with van der Waals surface area (Å²) in [4.78, 5) is 16.4. The van der Waals surface area contributed by atoms with Gasteiger partial charge < -0.3 is 4.74 Å². The maximum atomic E-state index is 14.2. The van der Waals surface area contributed by atoms with Crippen molar-refractivity contribution in [2.45, 2.75) is 56.0 Å². The average Bonchev–Trinajstić information content (AvgIpc) is 3.33. The first kappa shape index (κ1) is 61.8. The molecule has 0 aliphatic rings. The number of Topliss-reactive ketones (excluding diaryl/α,β-unsaturated/α-hetero) is 1. The van der Waals surface area contributed by atoms with Gasteiger partial charge in [-0.3, -0.25) is 4.79 Å². The van der Waals surface area contributed by atoms with Crippen LogP contribution in [0.1, 0.15) is 54.9 Å². The topological polar surface area (TPSA) is 43.1 Å². The summed E-state index contributed by atoms with van der Waals surface area (Å²) < 4.78 is 348. The maximum Gasteiger partial charge on any atom is 0.416 e. The van der Waals surface area contributed by atoms with Crippen LogP contribution in [0.3, 0.4) is 0 Å². The highest BCUT2D eigenvalue weighted by atomic mass is 35.5. The van der Waals surface area contributed by atoms with Gasteiger partial charge in [-0.2, -0.15) is 132 Å². The Morgan fingerprint density at radius 3 is 1.02 bits per heavy atom. The van der Waals surface area contributed by atoms with Crippen LogP contribution in [-0.2, 0) is 56.0 Å². The van der Waals surface area contributed by atoms with Crippen LogP contribution < -0.4 is 31.2 Å². The number of halogens is 25. The molecule has 0 bridgehead atoms. The van der Waals surface area contributed by atoms with Crippen LogP contribution >= 0.6 is 11.6 Å². The monoisotopic (exact) mass is 1190 g/mol. The molecule has 80 heavy (non-hydrogen) atoms. The van der Waals surface area contributed by atoms with E-state index in [1.165, 1.54) is 0 Å². The zero-order chi connectivity index (χ0) is 60.0. The molecule has 0 aliphatic heterocycles. The van der Waals surface area contributed by atoms with Gasteiger partial charge >= 0.3 is 55.3 Å². The molecule has 7 rings (SSSR count). The van der Waals surface area contributed by atoms with Crippen LogP contribution in [0.15, 0.2) is 146 Å². The largest absolute Gasteiger partial charge is 0.416 e. The fourth-order valence-electron chi connectivity index (χ4n) is 8.18. The molecule has 0 N–H and O–H groups in total. The second-order valence-corrected chi connectivity index (χ2v) is 17.6. The summed E-state index contributed by atoms with van der Waals surface area (Å²) in [5.74, 6) is 1.06. The molecule has 0 saturated carbocycles. The normalized spacial score (nSPS) is 13.2. The predicted octanol–water partition coefficient (Wildman–Crippen LogP) is 14.9. The molecule has 0 unspecified atom stereocenters. The van der Waals surface area contributed by atoms with Crippen LogP contribution in [0.25, 0.3) is 0 Å². The van der Waals surface area contributed by atoms with Crippen molar-refractivity contribution >= 4 is 45.4 Å². The Kier molecular flexibility index (Phi) is 16.9. The summed E-state index contributed by atoms with van der Waals surface area (Å²) in [6.45, 7) is 0.169. The van der Waals surface area contributed by atoms with Gasteiger partial charge in [-0.15, -0.1) is 0 Å². The summed E-state index contributed by atoms with van der Waals surface area (Å²) in [6.07, 6.45) is -49.9.